The summed E-state index contributed by atoms with van der Waals surface area (Å²) in [5.41, 5.74) is 2.55. The molecular formula is C24H29F7N4O4. The Hall–Kier alpha value is -3.20. The van der Waals surface area contributed by atoms with Crippen LogP contribution in [-0.2, 0) is 28.2 Å². The van der Waals surface area contributed by atoms with E-state index in [4.69, 9.17) is 24.8 Å². The largest absolute Gasteiger partial charge is 0.490 e. The van der Waals surface area contributed by atoms with Gasteiger partial charge >= 0.3 is 24.3 Å². The molecule has 2 aromatic rings. The number of fused-ring (bicyclic) bond motifs is 2. The molecule has 4 rings (SSSR count). The maximum atomic E-state index is 13.1. The van der Waals surface area contributed by atoms with E-state index >= 15 is 0 Å². The zero-order valence-corrected chi connectivity index (χ0v) is 21.2. The van der Waals surface area contributed by atoms with Gasteiger partial charge in [-0.2, -0.15) is 26.3 Å². The molecule has 0 bridgehead atoms. The highest BCUT2D eigenvalue weighted by atomic mass is 19.4. The summed E-state index contributed by atoms with van der Waals surface area (Å²) in [6.07, 6.45) is -5.92. The van der Waals surface area contributed by atoms with Crippen molar-refractivity contribution in [3.05, 3.63) is 53.4 Å². The summed E-state index contributed by atoms with van der Waals surface area (Å²) in [5, 5.41) is 14.2. The molecule has 15 heteroatoms. The lowest BCUT2D eigenvalue weighted by Crippen LogP contribution is -2.57. The van der Waals surface area contributed by atoms with Gasteiger partial charge in [-0.3, -0.25) is 9.80 Å². The molecule has 1 aromatic carbocycles. The van der Waals surface area contributed by atoms with Gasteiger partial charge in [-0.15, -0.1) is 0 Å². The van der Waals surface area contributed by atoms with Crippen LogP contribution in [0.5, 0.6) is 0 Å². The van der Waals surface area contributed by atoms with E-state index in [0.29, 0.717) is 0 Å². The number of carbonyl (C=O) groups is 2. The Kier molecular flexibility index (Phi) is 10.5. The van der Waals surface area contributed by atoms with E-state index in [1.54, 1.807) is 12.1 Å². The van der Waals surface area contributed by atoms with Crippen molar-refractivity contribution in [1.29, 1.82) is 0 Å². The number of hydrogen-bond acceptors (Lipinski definition) is 5. The zero-order valence-electron chi connectivity index (χ0n) is 21.2. The van der Waals surface area contributed by atoms with Gasteiger partial charge in [0.2, 0.25) is 0 Å². The molecule has 39 heavy (non-hydrogen) atoms. The molecule has 1 spiro atoms. The molecule has 218 valence electrons. The average molecular weight is 571 g/mol. The number of imidazole rings is 1. The smallest absolute Gasteiger partial charge is 0.475 e. The molecule has 1 saturated heterocycles. The summed E-state index contributed by atoms with van der Waals surface area (Å²) in [6, 6.07) is 6.91. The van der Waals surface area contributed by atoms with Crippen LogP contribution in [0.15, 0.2) is 30.5 Å². The Morgan fingerprint density at radius 3 is 1.85 bits per heavy atom. The lowest BCUT2D eigenvalue weighted by molar-refractivity contribution is -0.193. The first-order valence-corrected chi connectivity index (χ1v) is 11.9. The van der Waals surface area contributed by atoms with E-state index in [0.717, 1.165) is 52.1 Å². The summed E-state index contributed by atoms with van der Waals surface area (Å²) < 4.78 is 79.0. The molecule has 1 aromatic heterocycles. The number of carboxylic acids is 2. The number of nitrogens with zero attached hydrogens (tertiary/aromatic N) is 4. The normalized spacial score (nSPS) is 17.4. The van der Waals surface area contributed by atoms with Crippen molar-refractivity contribution >= 4 is 11.9 Å². The van der Waals surface area contributed by atoms with Crippen LogP contribution in [0.2, 0.25) is 0 Å². The number of likely N-dealkylation sites (tertiary alicyclic amines) is 1. The first kappa shape index (κ1) is 32.0. The maximum Gasteiger partial charge on any atom is 0.490 e. The van der Waals surface area contributed by atoms with Crippen LogP contribution < -0.4 is 0 Å². The summed E-state index contributed by atoms with van der Waals surface area (Å²) in [6.45, 7) is 10.7. The fourth-order valence-corrected chi connectivity index (χ4v) is 4.62. The molecule has 8 nitrogen and oxygen atoms in total. The number of hydrogen-bond donors (Lipinski definition) is 2. The van der Waals surface area contributed by atoms with Gasteiger partial charge in [-0.1, -0.05) is 19.1 Å². The average Bonchev–Trinajstić information content (AvgIpc) is 3.23. The molecule has 0 unspecified atom stereocenters. The number of aryl methyl sites for hydroxylation is 1. The third-order valence-electron chi connectivity index (χ3n) is 6.54. The van der Waals surface area contributed by atoms with Crippen LogP contribution in [-0.4, -0.2) is 80.0 Å². The minimum atomic E-state index is -5.08. The predicted octanol–water partition coefficient (Wildman–Crippen LogP) is 4.42. The lowest BCUT2D eigenvalue weighted by atomic mass is 9.83. The molecule has 0 amide bonds. The van der Waals surface area contributed by atoms with Crippen molar-refractivity contribution in [3.63, 3.8) is 0 Å². The summed E-state index contributed by atoms with van der Waals surface area (Å²) >= 11 is 0. The zero-order chi connectivity index (χ0) is 29.6. The van der Waals surface area contributed by atoms with Gasteiger partial charge in [0.15, 0.2) is 0 Å². The molecule has 0 atom stereocenters. The molecule has 2 aliphatic rings. The van der Waals surface area contributed by atoms with Gasteiger partial charge in [0.1, 0.15) is 11.6 Å². The van der Waals surface area contributed by atoms with Gasteiger partial charge in [0, 0.05) is 44.6 Å². The van der Waals surface area contributed by atoms with Crippen LogP contribution in [0, 0.1) is 12.7 Å². The maximum absolute atomic E-state index is 13.1. The number of halogens is 7. The summed E-state index contributed by atoms with van der Waals surface area (Å²) in [7, 11) is 0. The molecule has 2 aliphatic heterocycles. The molecule has 3 heterocycles. The highest BCUT2D eigenvalue weighted by Gasteiger charge is 2.46. The SMILES string of the molecule is CCN1CCn2c(C)cnc2C12CCN(Cc1ccc(F)cc1)CC2.O=C(O)C(F)(F)F.O=C(O)C(F)(F)F. The number of likely N-dealkylation sites (N-methyl/N-ethyl adjacent to an activating group) is 1. The molecule has 0 saturated carbocycles. The van der Waals surface area contributed by atoms with Gasteiger partial charge in [0.25, 0.3) is 0 Å². The second kappa shape index (κ2) is 12.8. The fourth-order valence-electron chi connectivity index (χ4n) is 4.62. The molecule has 0 radical (unpaired) electrons. The van der Waals surface area contributed by atoms with Crippen molar-refractivity contribution in [2.24, 2.45) is 0 Å². The molecule has 2 N–H and O–H groups in total. The van der Waals surface area contributed by atoms with Crippen LogP contribution in [0.3, 0.4) is 0 Å². The van der Waals surface area contributed by atoms with Crippen molar-refractivity contribution in [3.8, 4) is 0 Å². The third-order valence-corrected chi connectivity index (χ3v) is 6.54. The highest BCUT2D eigenvalue weighted by molar-refractivity contribution is 5.73. The Morgan fingerprint density at radius 2 is 1.41 bits per heavy atom. The van der Waals surface area contributed by atoms with E-state index in [-0.39, 0.29) is 11.4 Å². The molecular weight excluding hydrogens is 541 g/mol. The second-order valence-electron chi connectivity index (χ2n) is 8.99. The second-order valence-corrected chi connectivity index (χ2v) is 8.99. The van der Waals surface area contributed by atoms with Crippen LogP contribution in [0.4, 0.5) is 30.7 Å². The number of alkyl halides is 6. The van der Waals surface area contributed by atoms with Crippen LogP contribution in [0.1, 0.15) is 36.8 Å². The predicted molar refractivity (Wildman–Crippen MR) is 124 cm³/mol. The highest BCUT2D eigenvalue weighted by Crippen LogP contribution is 2.41. The monoisotopic (exact) mass is 570 g/mol. The van der Waals surface area contributed by atoms with Crippen LogP contribution in [0.25, 0.3) is 0 Å². The minimum absolute atomic E-state index is 0.0839. The number of piperidine rings is 1. The van der Waals surface area contributed by atoms with E-state index in [2.05, 4.69) is 28.2 Å². The first-order chi connectivity index (χ1) is 18.0. The van der Waals surface area contributed by atoms with Crippen molar-refractivity contribution in [1.82, 2.24) is 19.4 Å². The van der Waals surface area contributed by atoms with Gasteiger partial charge in [-0.25, -0.2) is 19.0 Å². The number of benzene rings is 1. The Balaban J connectivity index is 0.000000317. The summed E-state index contributed by atoms with van der Waals surface area (Å²) in [4.78, 5) is 27.7. The van der Waals surface area contributed by atoms with Crippen molar-refractivity contribution in [2.75, 3.05) is 26.2 Å². The van der Waals surface area contributed by atoms with Crippen LogP contribution >= 0.6 is 0 Å². The van der Waals surface area contributed by atoms with Gasteiger partial charge < -0.3 is 14.8 Å². The number of aliphatic carboxylic acids is 2. The Morgan fingerprint density at radius 1 is 0.923 bits per heavy atom. The third kappa shape index (κ3) is 8.39. The van der Waals surface area contributed by atoms with Gasteiger partial charge in [0.05, 0.1) is 5.54 Å². The minimum Gasteiger partial charge on any atom is -0.475 e. The van der Waals surface area contributed by atoms with E-state index in [9.17, 15) is 30.7 Å². The van der Waals surface area contributed by atoms with E-state index in [1.807, 2.05) is 18.3 Å². The number of rotatable bonds is 3. The first-order valence-electron chi connectivity index (χ1n) is 11.9. The van der Waals surface area contributed by atoms with Gasteiger partial charge in [-0.05, 0) is 44.0 Å². The topological polar surface area (TPSA) is 98.9 Å². The quantitative estimate of drug-likeness (QED) is 0.527. The van der Waals surface area contributed by atoms with E-state index < -0.39 is 24.3 Å². The molecule has 0 aliphatic carbocycles. The van der Waals surface area contributed by atoms with E-state index in [1.165, 1.54) is 17.1 Å². The van der Waals surface area contributed by atoms with Crippen molar-refractivity contribution < 1.29 is 50.5 Å². The standard InChI is InChI=1S/C20H27FN4.2C2HF3O2/c1-3-24-12-13-25-16(2)14-22-19(25)20(24)8-10-23(11-9-20)15-17-4-6-18(21)7-5-17;2*3-2(4,5)1(6)7/h4-7,14H,3,8-13,15H2,1-2H3;2*(H,6,7). The Bertz CT molecular complexity index is 1090. The summed E-state index contributed by atoms with van der Waals surface area (Å²) in [5.74, 6) is -4.41. The lowest BCUT2D eigenvalue weighted by Gasteiger charge is -2.50. The fraction of sp³-hybridized carbons (Fsp3) is 0.542. The van der Waals surface area contributed by atoms with Crippen molar-refractivity contribution in [2.45, 2.75) is 57.7 Å². The molecule has 1 fully saturated rings. The number of carboxylic acid groups (broad SMARTS) is 2. The number of aromatic nitrogens is 2. The Labute approximate surface area is 219 Å².